The van der Waals surface area contributed by atoms with Crippen molar-refractivity contribution in [1.29, 1.82) is 0 Å². The molecule has 0 aliphatic rings. The Bertz CT molecular complexity index is 184. The topological polar surface area (TPSA) is 12.9 Å². The Hall–Kier alpha value is -0.0800. The molecule has 1 rings (SSSR count). The number of alkyl halides is 1. The van der Waals surface area contributed by atoms with E-state index in [1.807, 2.05) is 18.6 Å². The fourth-order valence-corrected chi connectivity index (χ4v) is 1.72. The van der Waals surface area contributed by atoms with Gasteiger partial charge in [0, 0.05) is 16.5 Å². The van der Waals surface area contributed by atoms with Gasteiger partial charge >= 0.3 is 0 Å². The number of nitrogens with zero attached hydrogens (tertiary/aromatic N) is 1. The fourth-order valence-electron chi connectivity index (χ4n) is 0.923. The van der Waals surface area contributed by atoms with Crippen LogP contribution in [0, 0.1) is 0 Å². The average molecular weight is 190 g/mol. The second-order valence-corrected chi connectivity index (χ2v) is 4.36. The molecule has 0 aliphatic carbocycles. The zero-order valence-electron chi connectivity index (χ0n) is 6.59. The minimum atomic E-state index is 0.308. The Morgan fingerprint density at radius 2 is 2.55 bits per heavy atom. The molecule has 0 radical (unpaired) electrons. The van der Waals surface area contributed by atoms with Crippen molar-refractivity contribution in [3.63, 3.8) is 0 Å². The molecule has 11 heavy (non-hydrogen) atoms. The predicted octanol–water partition coefficient (Wildman–Crippen LogP) is 3.09. The lowest BCUT2D eigenvalue weighted by atomic mass is 10.2. The molecule has 62 valence electrons. The minimum absolute atomic E-state index is 0.308. The molecule has 1 atom stereocenters. The maximum atomic E-state index is 5.81. The fraction of sp³-hybridized carbons (Fsp3) is 0.625. The van der Waals surface area contributed by atoms with Gasteiger partial charge in [-0.25, -0.2) is 0 Å². The smallest absolute Gasteiger partial charge is 0.0794 e. The molecular formula is C8H12ClNS. The summed E-state index contributed by atoms with van der Waals surface area (Å²) in [7, 11) is 0. The monoisotopic (exact) mass is 189 g/mol. The molecule has 1 aromatic rings. The molecule has 1 heterocycles. The number of hydrogen-bond donors (Lipinski definition) is 0. The molecule has 0 aromatic carbocycles. The lowest BCUT2D eigenvalue weighted by molar-refractivity contribution is 0.728. The Morgan fingerprint density at radius 1 is 1.73 bits per heavy atom. The molecule has 0 spiro atoms. The normalized spacial score (nSPS) is 13.3. The highest BCUT2D eigenvalue weighted by atomic mass is 35.5. The molecule has 0 saturated carbocycles. The molecule has 1 aromatic heterocycles. The summed E-state index contributed by atoms with van der Waals surface area (Å²) in [6, 6.07) is 0. The summed E-state index contributed by atoms with van der Waals surface area (Å²) in [5.74, 6) is 0. The van der Waals surface area contributed by atoms with Crippen molar-refractivity contribution in [3.8, 4) is 0 Å². The summed E-state index contributed by atoms with van der Waals surface area (Å²) >= 11 is 7.53. The van der Waals surface area contributed by atoms with E-state index in [1.54, 1.807) is 11.3 Å². The average Bonchev–Trinajstić information content (AvgIpc) is 2.39. The van der Waals surface area contributed by atoms with E-state index in [2.05, 4.69) is 4.98 Å². The summed E-state index contributed by atoms with van der Waals surface area (Å²) in [6.07, 6.45) is 5.33. The first-order valence-electron chi connectivity index (χ1n) is 3.80. The van der Waals surface area contributed by atoms with Crippen molar-refractivity contribution in [3.05, 3.63) is 16.6 Å². The van der Waals surface area contributed by atoms with Crippen LogP contribution < -0.4 is 0 Å². The van der Waals surface area contributed by atoms with E-state index in [9.17, 15) is 0 Å². The lowest BCUT2D eigenvalue weighted by Crippen LogP contribution is -1.91. The highest BCUT2D eigenvalue weighted by molar-refractivity contribution is 7.09. The Morgan fingerprint density at radius 3 is 3.09 bits per heavy atom. The second-order valence-electron chi connectivity index (χ2n) is 2.64. The molecule has 1 unspecified atom stereocenters. The third-order valence-corrected chi connectivity index (χ3v) is 2.57. The molecule has 0 fully saturated rings. The van der Waals surface area contributed by atoms with Crippen LogP contribution in [0.15, 0.2) is 11.7 Å². The highest BCUT2D eigenvalue weighted by Gasteiger charge is 1.97. The van der Waals surface area contributed by atoms with E-state index in [0.717, 1.165) is 12.8 Å². The molecular weight excluding hydrogens is 178 g/mol. The summed E-state index contributed by atoms with van der Waals surface area (Å²) in [5.41, 5.74) is 1.87. The van der Waals surface area contributed by atoms with Crippen molar-refractivity contribution < 1.29 is 0 Å². The second kappa shape index (κ2) is 4.73. The first-order chi connectivity index (χ1) is 5.29. The van der Waals surface area contributed by atoms with Gasteiger partial charge in [-0.2, -0.15) is 0 Å². The third-order valence-electron chi connectivity index (χ3n) is 1.51. The zero-order valence-corrected chi connectivity index (χ0v) is 8.16. The van der Waals surface area contributed by atoms with Crippen LogP contribution in [0.5, 0.6) is 0 Å². The number of aryl methyl sites for hydroxylation is 1. The van der Waals surface area contributed by atoms with E-state index >= 15 is 0 Å². The van der Waals surface area contributed by atoms with Crippen molar-refractivity contribution in [1.82, 2.24) is 4.98 Å². The molecule has 0 aliphatic heterocycles. The molecule has 0 amide bonds. The summed E-state index contributed by atoms with van der Waals surface area (Å²) in [5, 5.41) is 0.308. The molecule has 0 bridgehead atoms. The highest BCUT2D eigenvalue weighted by Crippen LogP contribution is 2.12. The van der Waals surface area contributed by atoms with Crippen LogP contribution >= 0.6 is 22.9 Å². The van der Waals surface area contributed by atoms with Crippen LogP contribution in [0.3, 0.4) is 0 Å². The molecule has 0 saturated heterocycles. The van der Waals surface area contributed by atoms with E-state index in [1.165, 1.54) is 11.3 Å². The zero-order chi connectivity index (χ0) is 8.10. The Labute approximate surface area is 76.4 Å². The summed E-state index contributed by atoms with van der Waals surface area (Å²) < 4.78 is 0. The number of thiazole rings is 1. The van der Waals surface area contributed by atoms with Crippen LogP contribution in [0.4, 0.5) is 0 Å². The Kier molecular flexibility index (Phi) is 3.87. The van der Waals surface area contributed by atoms with Crippen LogP contribution in [0.25, 0.3) is 0 Å². The Balaban J connectivity index is 2.14. The first-order valence-corrected chi connectivity index (χ1v) is 5.12. The lowest BCUT2D eigenvalue weighted by Gasteiger charge is -1.99. The number of halogens is 1. The summed E-state index contributed by atoms with van der Waals surface area (Å²) in [6.45, 7) is 2.04. The number of aromatic nitrogens is 1. The van der Waals surface area contributed by atoms with Crippen LogP contribution in [-0.4, -0.2) is 10.4 Å². The van der Waals surface area contributed by atoms with E-state index in [-0.39, 0.29) is 0 Å². The minimum Gasteiger partial charge on any atom is -0.253 e. The molecule has 1 nitrogen and oxygen atoms in total. The number of hydrogen-bond acceptors (Lipinski definition) is 2. The third kappa shape index (κ3) is 3.73. The first kappa shape index (κ1) is 9.01. The molecule has 0 N–H and O–H groups in total. The largest absolute Gasteiger partial charge is 0.253 e. The van der Waals surface area contributed by atoms with Gasteiger partial charge in [0.2, 0.25) is 0 Å². The van der Waals surface area contributed by atoms with Crippen LogP contribution in [0.2, 0.25) is 0 Å². The van der Waals surface area contributed by atoms with E-state index in [0.29, 0.717) is 5.38 Å². The van der Waals surface area contributed by atoms with Gasteiger partial charge < -0.3 is 0 Å². The number of rotatable bonds is 4. The van der Waals surface area contributed by atoms with Crippen molar-refractivity contribution in [2.75, 3.05) is 0 Å². The van der Waals surface area contributed by atoms with Gasteiger partial charge in [-0.1, -0.05) is 0 Å². The van der Waals surface area contributed by atoms with Crippen LogP contribution in [0.1, 0.15) is 24.6 Å². The molecule has 3 heteroatoms. The van der Waals surface area contributed by atoms with E-state index < -0.39 is 0 Å². The van der Waals surface area contributed by atoms with Gasteiger partial charge in [0.1, 0.15) is 0 Å². The standard InChI is InChI=1S/C8H12ClNS/c1-7(9)3-2-4-8-5-10-6-11-8/h5-7H,2-4H2,1H3. The maximum Gasteiger partial charge on any atom is 0.0794 e. The summed E-state index contributed by atoms with van der Waals surface area (Å²) in [4.78, 5) is 5.37. The quantitative estimate of drug-likeness (QED) is 0.664. The maximum absolute atomic E-state index is 5.81. The predicted molar refractivity (Wildman–Crippen MR) is 50.4 cm³/mol. The van der Waals surface area contributed by atoms with Crippen molar-refractivity contribution >= 4 is 22.9 Å². The van der Waals surface area contributed by atoms with E-state index in [4.69, 9.17) is 11.6 Å². The van der Waals surface area contributed by atoms with Gasteiger partial charge in [0.25, 0.3) is 0 Å². The van der Waals surface area contributed by atoms with Gasteiger partial charge in [-0.15, -0.1) is 22.9 Å². The van der Waals surface area contributed by atoms with Crippen molar-refractivity contribution in [2.24, 2.45) is 0 Å². The van der Waals surface area contributed by atoms with Gasteiger partial charge in [0.05, 0.1) is 5.51 Å². The van der Waals surface area contributed by atoms with Gasteiger partial charge in [0.15, 0.2) is 0 Å². The van der Waals surface area contributed by atoms with Crippen molar-refractivity contribution in [2.45, 2.75) is 31.6 Å². The van der Waals surface area contributed by atoms with Gasteiger partial charge in [-0.3, -0.25) is 4.98 Å². The van der Waals surface area contributed by atoms with Crippen LogP contribution in [-0.2, 0) is 6.42 Å². The van der Waals surface area contributed by atoms with Gasteiger partial charge in [-0.05, 0) is 26.2 Å². The SMILES string of the molecule is CC(Cl)CCCc1cncs1.